The van der Waals surface area contributed by atoms with Crippen molar-refractivity contribution in [2.24, 2.45) is 5.92 Å². The van der Waals surface area contributed by atoms with Gasteiger partial charge in [0.1, 0.15) is 5.82 Å². The topological polar surface area (TPSA) is 45.7 Å². The predicted octanol–water partition coefficient (Wildman–Crippen LogP) is 7.34. The average molecular weight is 508 g/mol. The molecule has 0 saturated heterocycles. The van der Waals surface area contributed by atoms with Crippen molar-refractivity contribution >= 4 is 28.2 Å². The number of hydrogen-bond acceptors (Lipinski definition) is 5. The molecule has 0 radical (unpaired) electrons. The number of nitrogens with zero attached hydrogens (tertiary/aromatic N) is 3. The van der Waals surface area contributed by atoms with E-state index in [1.165, 1.54) is 61.6 Å². The molecule has 0 aliphatic heterocycles. The molecule has 38 heavy (non-hydrogen) atoms. The number of rotatable bonds is 8. The molecule has 0 bridgehead atoms. The summed E-state index contributed by atoms with van der Waals surface area (Å²) in [6.45, 7) is 1.78. The Morgan fingerprint density at radius 3 is 2.24 bits per heavy atom. The summed E-state index contributed by atoms with van der Waals surface area (Å²) in [6, 6.07) is 25.3. The number of hydrogen-bond donors (Lipinski definition) is 0. The van der Waals surface area contributed by atoms with E-state index in [4.69, 9.17) is 9.72 Å². The van der Waals surface area contributed by atoms with Crippen LogP contribution in [0.3, 0.4) is 0 Å². The third kappa shape index (κ3) is 5.83. The van der Waals surface area contributed by atoms with Crippen LogP contribution in [0.1, 0.15) is 48.0 Å². The number of carbonyl (C=O) groups excluding carboxylic acids is 1. The van der Waals surface area contributed by atoms with Gasteiger partial charge in [-0.25, -0.2) is 9.78 Å². The van der Waals surface area contributed by atoms with Gasteiger partial charge in [-0.05, 0) is 77.2 Å². The Kier molecular flexibility index (Phi) is 7.92. The first-order valence-corrected chi connectivity index (χ1v) is 13.6. The lowest BCUT2D eigenvalue weighted by Gasteiger charge is -2.31. The second kappa shape index (κ2) is 11.7. The van der Waals surface area contributed by atoms with Gasteiger partial charge in [-0.2, -0.15) is 0 Å². The van der Waals surface area contributed by atoms with E-state index >= 15 is 0 Å². The molecule has 1 fully saturated rings. The van der Waals surface area contributed by atoms with Crippen LogP contribution in [0.4, 0.5) is 11.5 Å². The molecule has 4 aromatic rings. The van der Waals surface area contributed by atoms with Crippen LogP contribution in [0.15, 0.2) is 79.0 Å². The summed E-state index contributed by atoms with van der Waals surface area (Å²) in [6.07, 6.45) is 8.37. The van der Waals surface area contributed by atoms with Crippen LogP contribution < -0.4 is 9.80 Å². The van der Waals surface area contributed by atoms with Crippen molar-refractivity contribution in [1.82, 2.24) is 4.98 Å². The van der Waals surface area contributed by atoms with Crippen molar-refractivity contribution in [2.75, 3.05) is 37.5 Å². The number of carbonyl (C=O) groups is 1. The highest BCUT2D eigenvalue weighted by Crippen LogP contribution is 2.31. The van der Waals surface area contributed by atoms with Crippen molar-refractivity contribution in [2.45, 2.75) is 38.6 Å². The van der Waals surface area contributed by atoms with Gasteiger partial charge < -0.3 is 14.5 Å². The summed E-state index contributed by atoms with van der Waals surface area (Å²) in [4.78, 5) is 21.5. The first kappa shape index (κ1) is 25.8. The van der Waals surface area contributed by atoms with Crippen LogP contribution in [0.2, 0.25) is 0 Å². The molecule has 0 N–H and O–H groups in total. The maximum atomic E-state index is 12.1. The SMILES string of the molecule is COC(=O)c1ccc2c(N(Cc3ccc(-c4ccc(N(C)C)cc4)cc3)CC3CCCCC3)nccc2c1. The number of esters is 1. The molecular weight excluding hydrogens is 470 g/mol. The summed E-state index contributed by atoms with van der Waals surface area (Å²) in [5.41, 5.74) is 5.46. The maximum absolute atomic E-state index is 12.1. The van der Waals surface area contributed by atoms with E-state index in [9.17, 15) is 4.79 Å². The van der Waals surface area contributed by atoms with E-state index in [0.717, 1.165) is 29.7 Å². The molecule has 0 amide bonds. The van der Waals surface area contributed by atoms with Crippen LogP contribution in [-0.2, 0) is 11.3 Å². The molecule has 1 aliphatic carbocycles. The smallest absolute Gasteiger partial charge is 0.337 e. The highest BCUT2D eigenvalue weighted by molar-refractivity contribution is 5.98. The quantitative estimate of drug-likeness (QED) is 0.234. The van der Waals surface area contributed by atoms with Crippen molar-refractivity contribution in [1.29, 1.82) is 0 Å². The van der Waals surface area contributed by atoms with Gasteiger partial charge in [0.05, 0.1) is 12.7 Å². The fourth-order valence-electron chi connectivity index (χ4n) is 5.54. The zero-order chi connectivity index (χ0) is 26.5. The largest absolute Gasteiger partial charge is 0.465 e. The Hall–Kier alpha value is -3.86. The molecule has 0 atom stereocenters. The Bertz CT molecular complexity index is 1370. The molecule has 3 aromatic carbocycles. The lowest BCUT2D eigenvalue weighted by molar-refractivity contribution is 0.0601. The number of aromatic nitrogens is 1. The van der Waals surface area contributed by atoms with Crippen LogP contribution in [0.25, 0.3) is 21.9 Å². The molecule has 0 spiro atoms. The number of fused-ring (bicyclic) bond motifs is 1. The lowest BCUT2D eigenvalue weighted by atomic mass is 9.88. The van der Waals surface area contributed by atoms with Crippen LogP contribution >= 0.6 is 0 Å². The van der Waals surface area contributed by atoms with Gasteiger partial charge in [-0.1, -0.05) is 55.7 Å². The van der Waals surface area contributed by atoms with E-state index < -0.39 is 0 Å². The lowest BCUT2D eigenvalue weighted by Crippen LogP contribution is -2.31. The Morgan fingerprint density at radius 2 is 1.58 bits per heavy atom. The van der Waals surface area contributed by atoms with Crippen molar-refractivity contribution in [3.8, 4) is 11.1 Å². The fourth-order valence-corrected chi connectivity index (χ4v) is 5.54. The Morgan fingerprint density at radius 1 is 0.895 bits per heavy atom. The van der Waals surface area contributed by atoms with E-state index in [-0.39, 0.29) is 5.97 Å². The van der Waals surface area contributed by atoms with Crippen LogP contribution in [-0.4, -0.2) is 38.7 Å². The summed E-state index contributed by atoms with van der Waals surface area (Å²) < 4.78 is 4.93. The third-order valence-electron chi connectivity index (χ3n) is 7.71. The summed E-state index contributed by atoms with van der Waals surface area (Å²) in [7, 11) is 5.54. The number of benzene rings is 3. The molecule has 5 rings (SSSR count). The number of pyridine rings is 1. The normalized spacial score (nSPS) is 13.9. The van der Waals surface area contributed by atoms with Gasteiger partial charge in [0.25, 0.3) is 0 Å². The highest BCUT2D eigenvalue weighted by Gasteiger charge is 2.21. The van der Waals surface area contributed by atoms with E-state index in [0.29, 0.717) is 11.5 Å². The minimum absolute atomic E-state index is 0.319. The average Bonchev–Trinajstić information content (AvgIpc) is 2.96. The molecule has 5 nitrogen and oxygen atoms in total. The summed E-state index contributed by atoms with van der Waals surface area (Å²) in [5, 5.41) is 2.07. The van der Waals surface area contributed by atoms with Gasteiger partial charge in [-0.3, -0.25) is 0 Å². The van der Waals surface area contributed by atoms with Crippen molar-refractivity contribution in [3.05, 3.63) is 90.1 Å². The highest BCUT2D eigenvalue weighted by atomic mass is 16.5. The third-order valence-corrected chi connectivity index (χ3v) is 7.71. The Balaban J connectivity index is 1.43. The molecule has 5 heteroatoms. The zero-order valence-corrected chi connectivity index (χ0v) is 22.7. The molecule has 1 saturated carbocycles. The summed E-state index contributed by atoms with van der Waals surface area (Å²) >= 11 is 0. The molecule has 1 aliphatic rings. The minimum atomic E-state index is -0.319. The first-order chi connectivity index (χ1) is 18.5. The van der Waals surface area contributed by atoms with Crippen molar-refractivity contribution in [3.63, 3.8) is 0 Å². The number of ether oxygens (including phenoxy) is 1. The maximum Gasteiger partial charge on any atom is 0.337 e. The van der Waals surface area contributed by atoms with Gasteiger partial charge in [-0.15, -0.1) is 0 Å². The molecule has 1 heterocycles. The van der Waals surface area contributed by atoms with Crippen LogP contribution in [0, 0.1) is 5.92 Å². The van der Waals surface area contributed by atoms with Crippen LogP contribution in [0.5, 0.6) is 0 Å². The van der Waals surface area contributed by atoms with E-state index in [1.54, 1.807) is 0 Å². The van der Waals surface area contributed by atoms with Gasteiger partial charge in [0.15, 0.2) is 0 Å². The predicted molar refractivity (Wildman–Crippen MR) is 157 cm³/mol. The fraction of sp³-hybridized carbons (Fsp3) is 0.333. The first-order valence-electron chi connectivity index (χ1n) is 13.6. The van der Waals surface area contributed by atoms with E-state index in [1.807, 2.05) is 30.5 Å². The number of anilines is 2. The van der Waals surface area contributed by atoms with Gasteiger partial charge >= 0.3 is 5.97 Å². The van der Waals surface area contributed by atoms with E-state index in [2.05, 4.69) is 72.4 Å². The monoisotopic (exact) mass is 507 g/mol. The van der Waals surface area contributed by atoms with Gasteiger partial charge in [0, 0.05) is 44.5 Å². The zero-order valence-electron chi connectivity index (χ0n) is 22.7. The molecule has 1 aromatic heterocycles. The minimum Gasteiger partial charge on any atom is -0.465 e. The second-order valence-electron chi connectivity index (χ2n) is 10.6. The standard InChI is InChI=1S/C33H37N3O2/c1-35(2)30-16-13-27(14-17-30)26-11-9-25(10-12-26)23-36(22-24-7-5-4-6-8-24)32-31-18-15-29(33(37)38-3)21-28(31)19-20-34-32/h9-21,24H,4-8,22-23H2,1-3H3. The molecule has 0 unspecified atom stereocenters. The Labute approximate surface area is 226 Å². The van der Waals surface area contributed by atoms with Crippen molar-refractivity contribution < 1.29 is 9.53 Å². The second-order valence-corrected chi connectivity index (χ2v) is 10.6. The van der Waals surface area contributed by atoms with Gasteiger partial charge in [0.2, 0.25) is 0 Å². The molecular formula is C33H37N3O2. The number of methoxy groups -OCH3 is 1. The molecule has 196 valence electrons. The summed E-state index contributed by atoms with van der Waals surface area (Å²) in [5.74, 6) is 1.33.